The molecule has 0 aliphatic heterocycles. The Hall–Kier alpha value is -2.33. The van der Waals surface area contributed by atoms with Crippen molar-refractivity contribution < 1.29 is 4.79 Å². The molecule has 0 saturated heterocycles. The van der Waals surface area contributed by atoms with Crippen molar-refractivity contribution in [2.45, 2.75) is 13.3 Å². The van der Waals surface area contributed by atoms with Crippen LogP contribution in [0, 0.1) is 0 Å². The summed E-state index contributed by atoms with van der Waals surface area (Å²) in [7, 11) is 0. The van der Waals surface area contributed by atoms with Crippen LogP contribution in [0.5, 0.6) is 0 Å². The van der Waals surface area contributed by atoms with E-state index in [0.29, 0.717) is 12.1 Å². The molecular weight excluding hydrogens is 274 g/mol. The molecule has 0 aromatic heterocycles. The van der Waals surface area contributed by atoms with Gasteiger partial charge in [0.1, 0.15) is 0 Å². The molecule has 0 radical (unpaired) electrons. The first-order chi connectivity index (χ1) is 10.8. The zero-order valence-corrected chi connectivity index (χ0v) is 12.9. The van der Waals surface area contributed by atoms with Crippen molar-refractivity contribution in [2.24, 2.45) is 0 Å². The highest BCUT2D eigenvalue weighted by Crippen LogP contribution is 2.17. The third-order valence-corrected chi connectivity index (χ3v) is 3.20. The minimum Gasteiger partial charge on any atom is -0.356 e. The van der Waals surface area contributed by atoms with Crippen LogP contribution >= 0.6 is 0 Å². The van der Waals surface area contributed by atoms with Crippen LogP contribution in [0.4, 0.5) is 11.4 Å². The molecule has 2 rings (SSSR count). The number of para-hydroxylation sites is 1. The van der Waals surface area contributed by atoms with E-state index < -0.39 is 0 Å². The van der Waals surface area contributed by atoms with Crippen LogP contribution in [0.15, 0.2) is 54.6 Å². The number of benzene rings is 2. The first-order valence-electron chi connectivity index (χ1n) is 7.70. The van der Waals surface area contributed by atoms with Crippen molar-refractivity contribution in [3.8, 4) is 0 Å². The molecule has 0 spiro atoms. The fourth-order valence-electron chi connectivity index (χ4n) is 2.09. The van der Waals surface area contributed by atoms with Gasteiger partial charge in [0.25, 0.3) is 5.91 Å². The fraction of sp³-hybridized carbons (Fsp3) is 0.278. The summed E-state index contributed by atoms with van der Waals surface area (Å²) in [5, 5.41) is 9.47. The van der Waals surface area contributed by atoms with Gasteiger partial charge < -0.3 is 16.0 Å². The van der Waals surface area contributed by atoms with Crippen LogP contribution in [0.2, 0.25) is 0 Å². The van der Waals surface area contributed by atoms with Crippen LogP contribution in [0.3, 0.4) is 0 Å². The Morgan fingerprint density at radius 3 is 2.45 bits per heavy atom. The summed E-state index contributed by atoms with van der Waals surface area (Å²) < 4.78 is 0. The van der Waals surface area contributed by atoms with Crippen molar-refractivity contribution in [3.63, 3.8) is 0 Å². The van der Waals surface area contributed by atoms with Crippen molar-refractivity contribution >= 4 is 17.3 Å². The van der Waals surface area contributed by atoms with Gasteiger partial charge in [-0.15, -0.1) is 0 Å². The number of amides is 1. The highest BCUT2D eigenvalue weighted by atomic mass is 16.1. The van der Waals surface area contributed by atoms with Gasteiger partial charge in [-0.25, -0.2) is 0 Å². The molecule has 0 saturated carbocycles. The second kappa shape index (κ2) is 8.85. The van der Waals surface area contributed by atoms with Gasteiger partial charge in [0, 0.05) is 30.0 Å². The number of carbonyl (C=O) groups excluding carboxylic acids is 1. The van der Waals surface area contributed by atoms with Crippen LogP contribution in [-0.2, 0) is 0 Å². The topological polar surface area (TPSA) is 53.2 Å². The zero-order valence-electron chi connectivity index (χ0n) is 12.9. The second-order valence-corrected chi connectivity index (χ2v) is 5.08. The normalized spacial score (nSPS) is 10.2. The average molecular weight is 297 g/mol. The summed E-state index contributed by atoms with van der Waals surface area (Å²) in [5.41, 5.74) is 2.57. The lowest BCUT2D eigenvalue weighted by Gasteiger charge is -2.09. The Labute approximate surface area is 131 Å². The minimum atomic E-state index is -0.0463. The SMILES string of the molecule is CCCNCCNC(=O)c1cccc(Nc2ccccc2)c1. The molecule has 0 heterocycles. The molecule has 0 bridgehead atoms. The van der Waals surface area contributed by atoms with Gasteiger partial charge in [-0.2, -0.15) is 0 Å². The maximum atomic E-state index is 12.1. The summed E-state index contributed by atoms with van der Waals surface area (Å²) in [6.45, 7) is 4.53. The molecule has 116 valence electrons. The van der Waals surface area contributed by atoms with Crippen molar-refractivity contribution in [2.75, 3.05) is 25.0 Å². The molecular formula is C18H23N3O. The van der Waals surface area contributed by atoms with Gasteiger partial charge in [0.05, 0.1) is 0 Å². The lowest BCUT2D eigenvalue weighted by atomic mass is 10.2. The molecule has 0 atom stereocenters. The third-order valence-electron chi connectivity index (χ3n) is 3.20. The molecule has 0 aliphatic rings. The molecule has 0 fully saturated rings. The Balaban J connectivity index is 1.89. The molecule has 2 aromatic carbocycles. The van der Waals surface area contributed by atoms with Crippen LogP contribution in [-0.4, -0.2) is 25.5 Å². The minimum absolute atomic E-state index is 0.0463. The predicted molar refractivity (Wildman–Crippen MR) is 91.7 cm³/mol. The maximum absolute atomic E-state index is 12.1. The smallest absolute Gasteiger partial charge is 0.251 e. The van der Waals surface area contributed by atoms with Gasteiger partial charge in [0.2, 0.25) is 0 Å². The second-order valence-electron chi connectivity index (χ2n) is 5.08. The lowest BCUT2D eigenvalue weighted by Crippen LogP contribution is -2.32. The van der Waals surface area contributed by atoms with Crippen LogP contribution in [0.25, 0.3) is 0 Å². The van der Waals surface area contributed by atoms with Crippen molar-refractivity contribution in [1.82, 2.24) is 10.6 Å². The van der Waals surface area contributed by atoms with E-state index in [9.17, 15) is 4.79 Å². The molecule has 1 amide bonds. The van der Waals surface area contributed by atoms with Gasteiger partial charge in [-0.1, -0.05) is 31.2 Å². The van der Waals surface area contributed by atoms with E-state index in [0.717, 1.165) is 30.9 Å². The van der Waals surface area contributed by atoms with E-state index in [1.165, 1.54) is 0 Å². The monoisotopic (exact) mass is 297 g/mol. The van der Waals surface area contributed by atoms with Crippen molar-refractivity contribution in [1.29, 1.82) is 0 Å². The number of anilines is 2. The quantitative estimate of drug-likeness (QED) is 0.656. The van der Waals surface area contributed by atoms with Gasteiger partial charge in [0.15, 0.2) is 0 Å². The average Bonchev–Trinajstić information content (AvgIpc) is 2.56. The molecule has 4 nitrogen and oxygen atoms in total. The van der Waals surface area contributed by atoms with E-state index in [2.05, 4.69) is 22.9 Å². The van der Waals surface area contributed by atoms with E-state index in [1.54, 1.807) is 0 Å². The Kier molecular flexibility index (Phi) is 6.45. The third kappa shape index (κ3) is 5.22. The van der Waals surface area contributed by atoms with Gasteiger partial charge in [-0.3, -0.25) is 4.79 Å². The van der Waals surface area contributed by atoms with Crippen LogP contribution < -0.4 is 16.0 Å². The standard InChI is InChI=1S/C18H23N3O/c1-2-11-19-12-13-20-18(22)15-7-6-10-17(14-15)21-16-8-4-3-5-9-16/h3-10,14,19,21H,2,11-13H2,1H3,(H,20,22). The Morgan fingerprint density at radius 2 is 1.68 bits per heavy atom. The number of rotatable bonds is 8. The molecule has 4 heteroatoms. The predicted octanol–water partition coefficient (Wildman–Crippen LogP) is 3.16. The van der Waals surface area contributed by atoms with E-state index in [1.807, 2.05) is 54.6 Å². The number of hydrogen-bond donors (Lipinski definition) is 3. The van der Waals surface area contributed by atoms with Crippen LogP contribution in [0.1, 0.15) is 23.7 Å². The largest absolute Gasteiger partial charge is 0.356 e. The summed E-state index contributed by atoms with van der Waals surface area (Å²) in [5.74, 6) is -0.0463. The summed E-state index contributed by atoms with van der Waals surface area (Å²) in [4.78, 5) is 12.1. The van der Waals surface area contributed by atoms with E-state index in [-0.39, 0.29) is 5.91 Å². The Morgan fingerprint density at radius 1 is 0.909 bits per heavy atom. The van der Waals surface area contributed by atoms with E-state index in [4.69, 9.17) is 0 Å². The molecule has 0 aliphatic carbocycles. The maximum Gasteiger partial charge on any atom is 0.251 e. The van der Waals surface area contributed by atoms with Crippen molar-refractivity contribution in [3.05, 3.63) is 60.2 Å². The van der Waals surface area contributed by atoms with Gasteiger partial charge >= 0.3 is 0 Å². The number of carbonyl (C=O) groups is 1. The summed E-state index contributed by atoms with van der Waals surface area (Å²) >= 11 is 0. The lowest BCUT2D eigenvalue weighted by molar-refractivity contribution is 0.0954. The van der Waals surface area contributed by atoms with E-state index >= 15 is 0 Å². The number of nitrogens with one attached hydrogen (secondary N) is 3. The molecule has 22 heavy (non-hydrogen) atoms. The summed E-state index contributed by atoms with van der Waals surface area (Å²) in [6.07, 6.45) is 1.10. The Bertz CT molecular complexity index is 584. The zero-order chi connectivity index (χ0) is 15.6. The van der Waals surface area contributed by atoms with Gasteiger partial charge in [-0.05, 0) is 43.3 Å². The molecule has 0 unspecified atom stereocenters. The molecule has 3 N–H and O–H groups in total. The summed E-state index contributed by atoms with van der Waals surface area (Å²) in [6, 6.07) is 17.4. The first kappa shape index (κ1) is 16.0. The first-order valence-corrected chi connectivity index (χ1v) is 7.70. The number of hydrogen-bond acceptors (Lipinski definition) is 3. The highest BCUT2D eigenvalue weighted by Gasteiger charge is 2.05. The highest BCUT2D eigenvalue weighted by molar-refractivity contribution is 5.95. The molecule has 2 aromatic rings. The fourth-order valence-corrected chi connectivity index (χ4v) is 2.09.